The zero-order valence-corrected chi connectivity index (χ0v) is 12.7. The summed E-state index contributed by atoms with van der Waals surface area (Å²) in [5, 5.41) is 2.29. The van der Waals surface area contributed by atoms with Gasteiger partial charge in [0.1, 0.15) is 6.04 Å². The summed E-state index contributed by atoms with van der Waals surface area (Å²) in [6.45, 7) is 2.28. The molecule has 1 fully saturated rings. The van der Waals surface area contributed by atoms with Crippen LogP contribution in [0.25, 0.3) is 0 Å². The first-order valence-electron chi connectivity index (χ1n) is 7.83. The van der Waals surface area contributed by atoms with Gasteiger partial charge in [-0.3, -0.25) is 19.7 Å². The predicted octanol–water partition coefficient (Wildman–Crippen LogP) is 1.37. The number of nitrogens with zero attached hydrogens (tertiary/aromatic N) is 1. The Kier molecular flexibility index (Phi) is 3.96. The van der Waals surface area contributed by atoms with Crippen LogP contribution < -0.4 is 5.32 Å². The molecule has 3 amide bonds. The van der Waals surface area contributed by atoms with E-state index in [9.17, 15) is 14.4 Å². The van der Waals surface area contributed by atoms with E-state index < -0.39 is 6.04 Å². The van der Waals surface area contributed by atoms with Crippen LogP contribution in [0.1, 0.15) is 43.2 Å². The van der Waals surface area contributed by atoms with Crippen molar-refractivity contribution in [3.05, 3.63) is 35.4 Å². The van der Waals surface area contributed by atoms with Crippen molar-refractivity contribution in [3.63, 3.8) is 0 Å². The number of benzene rings is 1. The number of imide groups is 1. The average molecular weight is 300 g/mol. The molecular weight excluding hydrogens is 280 g/mol. The number of aryl methyl sites for hydroxylation is 1. The number of hydrogen-bond donors (Lipinski definition) is 1. The molecule has 1 aliphatic heterocycles. The van der Waals surface area contributed by atoms with Gasteiger partial charge in [0.15, 0.2) is 0 Å². The third kappa shape index (κ3) is 2.51. The highest BCUT2D eigenvalue weighted by Crippen LogP contribution is 2.33. The molecule has 0 spiro atoms. The minimum atomic E-state index is -0.654. The summed E-state index contributed by atoms with van der Waals surface area (Å²) in [6.07, 6.45) is 2.84. The normalized spacial score (nSPS) is 23.9. The van der Waals surface area contributed by atoms with Gasteiger partial charge in [0, 0.05) is 6.54 Å². The van der Waals surface area contributed by atoms with Gasteiger partial charge in [-0.25, -0.2) is 0 Å². The Hall–Kier alpha value is -2.17. The summed E-state index contributed by atoms with van der Waals surface area (Å²) in [6, 6.07) is 7.36. The van der Waals surface area contributed by atoms with Crippen molar-refractivity contribution in [2.75, 3.05) is 6.54 Å². The van der Waals surface area contributed by atoms with Crippen molar-refractivity contribution >= 4 is 17.7 Å². The molecule has 1 aromatic rings. The zero-order chi connectivity index (χ0) is 15.7. The van der Waals surface area contributed by atoms with Crippen LogP contribution in [-0.4, -0.2) is 35.2 Å². The minimum absolute atomic E-state index is 0.0375. The number of likely N-dealkylation sites (N-methyl/N-ethyl adjacent to an activating group) is 1. The Balaban J connectivity index is 1.87. The molecule has 0 saturated carbocycles. The number of carbonyl (C=O) groups is 3. The van der Waals surface area contributed by atoms with Crippen LogP contribution in [-0.2, 0) is 20.8 Å². The average Bonchev–Trinajstić information content (AvgIpc) is 2.86. The molecule has 22 heavy (non-hydrogen) atoms. The molecule has 1 N–H and O–H groups in total. The van der Waals surface area contributed by atoms with Crippen LogP contribution in [0.4, 0.5) is 0 Å². The van der Waals surface area contributed by atoms with Crippen molar-refractivity contribution in [2.45, 2.75) is 44.6 Å². The van der Waals surface area contributed by atoms with Gasteiger partial charge < -0.3 is 4.90 Å². The maximum absolute atomic E-state index is 13.0. The number of fused-ring (bicyclic) bond motifs is 1. The van der Waals surface area contributed by atoms with E-state index in [4.69, 9.17) is 0 Å². The van der Waals surface area contributed by atoms with E-state index in [-0.39, 0.29) is 30.1 Å². The van der Waals surface area contributed by atoms with Crippen LogP contribution in [0, 0.1) is 0 Å². The Morgan fingerprint density at radius 3 is 2.77 bits per heavy atom. The SMILES string of the molecule is CCN(C(=O)C1CCCc2ccccc21)C1CC(=O)NC1=O. The first-order chi connectivity index (χ1) is 10.6. The second-order valence-electron chi connectivity index (χ2n) is 5.90. The molecule has 1 saturated heterocycles. The van der Waals surface area contributed by atoms with E-state index in [1.54, 1.807) is 4.90 Å². The minimum Gasteiger partial charge on any atom is -0.330 e. The molecule has 116 valence electrons. The van der Waals surface area contributed by atoms with Crippen molar-refractivity contribution in [1.82, 2.24) is 10.2 Å². The highest BCUT2D eigenvalue weighted by Gasteiger charge is 2.40. The Labute approximate surface area is 129 Å². The van der Waals surface area contributed by atoms with Crippen LogP contribution in [0.5, 0.6) is 0 Å². The van der Waals surface area contributed by atoms with Crippen molar-refractivity contribution in [3.8, 4) is 0 Å². The smallest absolute Gasteiger partial charge is 0.249 e. The van der Waals surface area contributed by atoms with E-state index >= 15 is 0 Å². The van der Waals surface area contributed by atoms with Gasteiger partial charge in [-0.1, -0.05) is 24.3 Å². The number of carbonyl (C=O) groups excluding carboxylic acids is 3. The van der Waals surface area contributed by atoms with Gasteiger partial charge in [0.05, 0.1) is 12.3 Å². The fraction of sp³-hybridized carbons (Fsp3) is 0.471. The lowest BCUT2D eigenvalue weighted by Crippen LogP contribution is -2.46. The maximum Gasteiger partial charge on any atom is 0.249 e. The van der Waals surface area contributed by atoms with Gasteiger partial charge in [0.2, 0.25) is 17.7 Å². The molecule has 0 radical (unpaired) electrons. The molecule has 2 atom stereocenters. The number of hydrogen-bond acceptors (Lipinski definition) is 3. The van der Waals surface area contributed by atoms with Gasteiger partial charge in [-0.15, -0.1) is 0 Å². The lowest BCUT2D eigenvalue weighted by atomic mass is 9.82. The summed E-state index contributed by atoms with van der Waals surface area (Å²) < 4.78 is 0. The Bertz CT molecular complexity index is 626. The van der Waals surface area contributed by atoms with E-state index in [1.165, 1.54) is 5.56 Å². The molecule has 1 heterocycles. The summed E-state index contributed by atoms with van der Waals surface area (Å²) >= 11 is 0. The number of amides is 3. The van der Waals surface area contributed by atoms with Crippen LogP contribution in [0.15, 0.2) is 24.3 Å². The fourth-order valence-corrected chi connectivity index (χ4v) is 3.53. The van der Waals surface area contributed by atoms with Crippen LogP contribution >= 0.6 is 0 Å². The summed E-state index contributed by atoms with van der Waals surface area (Å²) in [7, 11) is 0. The number of rotatable bonds is 3. The Morgan fingerprint density at radius 1 is 1.32 bits per heavy atom. The van der Waals surface area contributed by atoms with E-state index in [1.807, 2.05) is 25.1 Å². The largest absolute Gasteiger partial charge is 0.330 e. The van der Waals surface area contributed by atoms with Gasteiger partial charge >= 0.3 is 0 Å². The summed E-state index contributed by atoms with van der Waals surface area (Å²) in [5.74, 6) is -0.896. The molecule has 5 nitrogen and oxygen atoms in total. The summed E-state index contributed by atoms with van der Waals surface area (Å²) in [4.78, 5) is 37.8. The lowest BCUT2D eigenvalue weighted by molar-refractivity contribution is -0.140. The van der Waals surface area contributed by atoms with Crippen molar-refractivity contribution in [2.24, 2.45) is 0 Å². The lowest BCUT2D eigenvalue weighted by Gasteiger charge is -2.32. The molecule has 0 bridgehead atoms. The third-order valence-corrected chi connectivity index (χ3v) is 4.61. The van der Waals surface area contributed by atoms with Crippen LogP contribution in [0.2, 0.25) is 0 Å². The second kappa shape index (κ2) is 5.91. The predicted molar refractivity (Wildman–Crippen MR) is 81.1 cm³/mol. The van der Waals surface area contributed by atoms with E-state index in [2.05, 4.69) is 11.4 Å². The highest BCUT2D eigenvalue weighted by molar-refractivity contribution is 6.07. The number of nitrogens with one attached hydrogen (secondary N) is 1. The van der Waals surface area contributed by atoms with E-state index in [0.29, 0.717) is 6.54 Å². The van der Waals surface area contributed by atoms with Crippen LogP contribution in [0.3, 0.4) is 0 Å². The standard InChI is InChI=1S/C17H20N2O3/c1-2-19(14-10-15(20)18-16(14)21)17(22)13-9-5-7-11-6-3-4-8-12(11)13/h3-4,6,8,13-14H,2,5,7,9-10H2,1H3,(H,18,20,21). The molecular formula is C17H20N2O3. The molecule has 1 aromatic carbocycles. The molecule has 1 aliphatic carbocycles. The third-order valence-electron chi connectivity index (χ3n) is 4.61. The first-order valence-corrected chi connectivity index (χ1v) is 7.83. The topological polar surface area (TPSA) is 66.5 Å². The van der Waals surface area contributed by atoms with Crippen molar-refractivity contribution in [1.29, 1.82) is 0 Å². The molecule has 5 heteroatoms. The first kappa shape index (κ1) is 14.8. The highest BCUT2D eigenvalue weighted by atomic mass is 16.2. The summed E-state index contributed by atoms with van der Waals surface area (Å²) in [5.41, 5.74) is 2.29. The van der Waals surface area contributed by atoms with Gasteiger partial charge in [-0.05, 0) is 37.3 Å². The van der Waals surface area contributed by atoms with E-state index in [0.717, 1.165) is 24.8 Å². The zero-order valence-electron chi connectivity index (χ0n) is 12.7. The molecule has 3 rings (SSSR count). The quantitative estimate of drug-likeness (QED) is 0.857. The maximum atomic E-state index is 13.0. The molecule has 2 unspecified atom stereocenters. The molecule has 2 aliphatic rings. The second-order valence-corrected chi connectivity index (χ2v) is 5.90. The monoisotopic (exact) mass is 300 g/mol. The van der Waals surface area contributed by atoms with Gasteiger partial charge in [-0.2, -0.15) is 0 Å². The van der Waals surface area contributed by atoms with Gasteiger partial charge in [0.25, 0.3) is 0 Å². The molecule has 0 aromatic heterocycles. The Morgan fingerprint density at radius 2 is 2.09 bits per heavy atom. The fourth-order valence-electron chi connectivity index (χ4n) is 3.53. The van der Waals surface area contributed by atoms with Crippen molar-refractivity contribution < 1.29 is 14.4 Å².